The van der Waals surface area contributed by atoms with Gasteiger partial charge in [0.15, 0.2) is 0 Å². The SMILES string of the molecule is CCCC1CCN(C(=O)CCC2CCCC(C3CC3)N2C=O)CC1. The predicted octanol–water partition coefficient (Wildman–Crippen LogP) is 3.59. The number of likely N-dealkylation sites (tertiary alicyclic amines) is 2. The quantitative estimate of drug-likeness (QED) is 0.668. The van der Waals surface area contributed by atoms with Crippen LogP contribution in [-0.2, 0) is 9.59 Å². The molecule has 3 fully saturated rings. The minimum atomic E-state index is 0.295. The highest BCUT2D eigenvalue weighted by Crippen LogP contribution is 2.41. The first kappa shape index (κ1) is 17.8. The fraction of sp³-hybridized carbons (Fsp3) is 0.900. The largest absolute Gasteiger partial charge is 0.343 e. The number of rotatable bonds is 7. The molecule has 0 aromatic heterocycles. The lowest BCUT2D eigenvalue weighted by atomic mass is 9.90. The molecular formula is C20H34N2O2. The van der Waals surface area contributed by atoms with Crippen molar-refractivity contribution in [3.8, 4) is 0 Å². The molecule has 2 saturated heterocycles. The second-order valence-electron chi connectivity index (χ2n) is 8.19. The summed E-state index contributed by atoms with van der Waals surface area (Å²) in [6.07, 6.45) is 13.5. The third kappa shape index (κ3) is 4.31. The number of piperidine rings is 2. The molecule has 2 amide bonds. The summed E-state index contributed by atoms with van der Waals surface area (Å²) in [4.78, 5) is 28.3. The van der Waals surface area contributed by atoms with Gasteiger partial charge in [-0.05, 0) is 63.2 Å². The molecule has 0 spiro atoms. The van der Waals surface area contributed by atoms with E-state index in [1.54, 1.807) is 0 Å². The van der Waals surface area contributed by atoms with E-state index in [2.05, 4.69) is 16.7 Å². The van der Waals surface area contributed by atoms with Gasteiger partial charge in [0.1, 0.15) is 0 Å². The van der Waals surface area contributed by atoms with Crippen LogP contribution in [0.4, 0.5) is 0 Å². The summed E-state index contributed by atoms with van der Waals surface area (Å²) >= 11 is 0. The highest BCUT2D eigenvalue weighted by molar-refractivity contribution is 5.76. The Hall–Kier alpha value is -1.06. The average Bonchev–Trinajstić information content (AvgIpc) is 3.45. The van der Waals surface area contributed by atoms with Crippen molar-refractivity contribution in [2.24, 2.45) is 11.8 Å². The van der Waals surface area contributed by atoms with E-state index in [1.165, 1.54) is 51.4 Å². The Balaban J connectivity index is 1.44. The van der Waals surface area contributed by atoms with Gasteiger partial charge in [0.25, 0.3) is 0 Å². The van der Waals surface area contributed by atoms with Crippen molar-refractivity contribution in [2.75, 3.05) is 13.1 Å². The molecule has 4 nitrogen and oxygen atoms in total. The number of hydrogen-bond donors (Lipinski definition) is 0. The molecule has 1 aliphatic carbocycles. The summed E-state index contributed by atoms with van der Waals surface area (Å²) < 4.78 is 0. The van der Waals surface area contributed by atoms with Crippen LogP contribution in [0, 0.1) is 11.8 Å². The first-order valence-corrected chi connectivity index (χ1v) is 10.2. The van der Waals surface area contributed by atoms with Gasteiger partial charge >= 0.3 is 0 Å². The summed E-state index contributed by atoms with van der Waals surface area (Å²) in [5.41, 5.74) is 0. The Bertz CT molecular complexity index is 427. The van der Waals surface area contributed by atoms with Crippen molar-refractivity contribution in [1.82, 2.24) is 9.80 Å². The second-order valence-corrected chi connectivity index (χ2v) is 8.19. The van der Waals surface area contributed by atoms with E-state index in [0.717, 1.165) is 44.2 Å². The molecule has 136 valence electrons. The van der Waals surface area contributed by atoms with E-state index in [4.69, 9.17) is 0 Å². The van der Waals surface area contributed by atoms with Gasteiger partial charge in [0.2, 0.25) is 12.3 Å². The standard InChI is InChI=1S/C20H34N2O2/c1-2-4-16-11-13-21(14-12-16)20(24)10-9-18-5-3-6-19(17-7-8-17)22(18)15-23/h15-19H,2-14H2,1H3. The predicted molar refractivity (Wildman–Crippen MR) is 95.5 cm³/mol. The Morgan fingerprint density at radius 2 is 1.79 bits per heavy atom. The lowest BCUT2D eigenvalue weighted by molar-refractivity contribution is -0.134. The van der Waals surface area contributed by atoms with Crippen molar-refractivity contribution in [3.05, 3.63) is 0 Å². The van der Waals surface area contributed by atoms with Crippen molar-refractivity contribution >= 4 is 12.3 Å². The average molecular weight is 335 g/mol. The van der Waals surface area contributed by atoms with Gasteiger partial charge in [-0.2, -0.15) is 0 Å². The maximum atomic E-state index is 12.5. The number of nitrogens with zero attached hydrogens (tertiary/aromatic N) is 2. The number of hydrogen-bond acceptors (Lipinski definition) is 2. The first-order chi connectivity index (χ1) is 11.7. The third-order valence-electron chi connectivity index (χ3n) is 6.49. The van der Waals surface area contributed by atoms with Crippen molar-refractivity contribution in [1.29, 1.82) is 0 Å². The molecule has 0 radical (unpaired) electrons. The fourth-order valence-electron chi connectivity index (χ4n) is 4.88. The minimum Gasteiger partial charge on any atom is -0.343 e. The summed E-state index contributed by atoms with van der Waals surface area (Å²) in [5.74, 6) is 1.87. The van der Waals surface area contributed by atoms with Crippen LogP contribution in [0.5, 0.6) is 0 Å². The molecule has 3 rings (SSSR count). The van der Waals surface area contributed by atoms with Gasteiger partial charge in [0.05, 0.1) is 0 Å². The van der Waals surface area contributed by atoms with Crippen molar-refractivity contribution in [3.63, 3.8) is 0 Å². The molecule has 0 bridgehead atoms. The van der Waals surface area contributed by atoms with Crippen molar-refractivity contribution < 1.29 is 9.59 Å². The maximum absolute atomic E-state index is 12.5. The topological polar surface area (TPSA) is 40.6 Å². The Kier molecular flexibility index (Phi) is 6.18. The summed E-state index contributed by atoms with van der Waals surface area (Å²) in [7, 11) is 0. The highest BCUT2D eigenvalue weighted by atomic mass is 16.2. The highest BCUT2D eigenvalue weighted by Gasteiger charge is 2.39. The minimum absolute atomic E-state index is 0.295. The molecule has 0 N–H and O–H groups in total. The number of amides is 2. The number of carbonyl (C=O) groups is 2. The normalized spacial score (nSPS) is 28.9. The van der Waals surface area contributed by atoms with Crippen LogP contribution in [0.1, 0.15) is 77.6 Å². The van der Waals surface area contributed by atoms with E-state index >= 15 is 0 Å². The van der Waals surface area contributed by atoms with Gasteiger partial charge < -0.3 is 9.80 Å². The first-order valence-electron chi connectivity index (χ1n) is 10.2. The van der Waals surface area contributed by atoms with E-state index in [9.17, 15) is 9.59 Å². The Morgan fingerprint density at radius 3 is 2.42 bits per heavy atom. The molecule has 2 aliphatic heterocycles. The number of carbonyl (C=O) groups excluding carboxylic acids is 2. The smallest absolute Gasteiger partial charge is 0.222 e. The molecule has 0 aromatic rings. The van der Waals surface area contributed by atoms with Gasteiger partial charge in [0, 0.05) is 31.6 Å². The molecule has 2 atom stereocenters. The van der Waals surface area contributed by atoms with E-state index < -0.39 is 0 Å². The molecule has 4 heteroatoms. The molecule has 2 heterocycles. The molecule has 1 saturated carbocycles. The molecule has 3 aliphatic rings. The maximum Gasteiger partial charge on any atom is 0.222 e. The van der Waals surface area contributed by atoms with Crippen LogP contribution in [0.3, 0.4) is 0 Å². The third-order valence-corrected chi connectivity index (χ3v) is 6.49. The molecular weight excluding hydrogens is 300 g/mol. The van der Waals surface area contributed by atoms with Crippen LogP contribution in [0.2, 0.25) is 0 Å². The lowest BCUT2D eigenvalue weighted by Crippen LogP contribution is -2.47. The Labute approximate surface area is 146 Å². The summed E-state index contributed by atoms with van der Waals surface area (Å²) in [6, 6.07) is 0.754. The summed E-state index contributed by atoms with van der Waals surface area (Å²) in [5, 5.41) is 0. The van der Waals surface area contributed by atoms with Gasteiger partial charge in [-0.15, -0.1) is 0 Å². The zero-order valence-electron chi connectivity index (χ0n) is 15.3. The molecule has 0 aromatic carbocycles. The second kappa shape index (κ2) is 8.35. The monoisotopic (exact) mass is 334 g/mol. The van der Waals surface area contributed by atoms with Crippen LogP contribution < -0.4 is 0 Å². The van der Waals surface area contributed by atoms with Crippen LogP contribution >= 0.6 is 0 Å². The van der Waals surface area contributed by atoms with E-state index in [0.29, 0.717) is 24.4 Å². The van der Waals surface area contributed by atoms with Gasteiger partial charge in [-0.1, -0.05) is 19.8 Å². The Morgan fingerprint density at radius 1 is 1.04 bits per heavy atom. The molecule has 2 unspecified atom stereocenters. The zero-order valence-corrected chi connectivity index (χ0v) is 15.3. The molecule has 24 heavy (non-hydrogen) atoms. The van der Waals surface area contributed by atoms with Gasteiger partial charge in [-0.3, -0.25) is 9.59 Å². The fourth-order valence-corrected chi connectivity index (χ4v) is 4.88. The summed E-state index contributed by atoms with van der Waals surface area (Å²) in [6.45, 7) is 4.13. The van der Waals surface area contributed by atoms with Crippen LogP contribution in [0.15, 0.2) is 0 Å². The lowest BCUT2D eigenvalue weighted by Gasteiger charge is -2.40. The van der Waals surface area contributed by atoms with Crippen LogP contribution in [-0.4, -0.2) is 47.3 Å². The van der Waals surface area contributed by atoms with Crippen molar-refractivity contribution in [2.45, 2.75) is 89.6 Å². The van der Waals surface area contributed by atoms with E-state index in [-0.39, 0.29) is 0 Å². The van der Waals surface area contributed by atoms with E-state index in [1.807, 2.05) is 0 Å². The zero-order chi connectivity index (χ0) is 16.9. The van der Waals surface area contributed by atoms with Gasteiger partial charge in [-0.25, -0.2) is 0 Å². The van der Waals surface area contributed by atoms with Crippen LogP contribution in [0.25, 0.3) is 0 Å².